The van der Waals surface area contributed by atoms with E-state index in [2.05, 4.69) is 5.32 Å². The molecule has 0 saturated carbocycles. The quantitative estimate of drug-likeness (QED) is 0.541. The maximum absolute atomic E-state index is 13.1. The number of alkyl carbamates (subject to hydrolysis) is 1. The third-order valence-electron chi connectivity index (χ3n) is 7.46. The van der Waals surface area contributed by atoms with Gasteiger partial charge in [0.2, 0.25) is 0 Å². The van der Waals surface area contributed by atoms with Crippen LogP contribution in [0.2, 0.25) is 5.02 Å². The molecule has 10 heteroatoms. The van der Waals surface area contributed by atoms with E-state index in [-0.39, 0.29) is 24.3 Å². The van der Waals surface area contributed by atoms with Crippen molar-refractivity contribution in [3.8, 4) is 5.75 Å². The van der Waals surface area contributed by atoms with Crippen molar-refractivity contribution in [2.75, 3.05) is 26.2 Å². The first kappa shape index (κ1) is 28.2. The fraction of sp³-hybridized carbons (Fsp3) is 0.500. The molecular formula is C28H35ClN2O7. The number of hydrogen-bond donors (Lipinski definition) is 2. The summed E-state index contributed by atoms with van der Waals surface area (Å²) in [7, 11) is 4.66. The van der Waals surface area contributed by atoms with Gasteiger partial charge in [-0.1, -0.05) is 42.3 Å². The van der Waals surface area contributed by atoms with Gasteiger partial charge in [0.1, 0.15) is 28.6 Å². The summed E-state index contributed by atoms with van der Waals surface area (Å²) in [5.74, 6) is -0.0859. The molecule has 206 valence electrons. The first-order valence-corrected chi connectivity index (χ1v) is 12.9. The largest absolute Gasteiger partial charge is 0.495 e. The molecule has 0 aliphatic carbocycles. The predicted molar refractivity (Wildman–Crippen MR) is 143 cm³/mol. The highest BCUT2D eigenvalue weighted by molar-refractivity contribution is 6.35. The van der Waals surface area contributed by atoms with Crippen LogP contribution in [0.4, 0.5) is 10.5 Å². The topological polar surface area (TPSA) is 110 Å². The van der Waals surface area contributed by atoms with Crippen molar-refractivity contribution in [3.05, 3.63) is 58.7 Å². The third-order valence-corrected chi connectivity index (χ3v) is 7.84. The Morgan fingerprint density at radius 3 is 2.68 bits per heavy atom. The Morgan fingerprint density at radius 2 is 2.00 bits per heavy atom. The minimum absolute atomic E-state index is 0.0941. The molecule has 9 nitrogen and oxygen atoms in total. The second kappa shape index (κ2) is 10.7. The van der Waals surface area contributed by atoms with Gasteiger partial charge in [0.05, 0.1) is 18.9 Å². The number of allylic oxidation sites excluding steroid dienone is 3. The molecule has 3 aliphatic rings. The highest BCUT2D eigenvalue weighted by atomic mass is 35.5. The number of epoxide rings is 1. The monoisotopic (exact) mass is 546 g/mol. The number of nitrogens with one attached hydrogen (secondary N) is 1. The average Bonchev–Trinajstić information content (AvgIpc) is 3.55. The van der Waals surface area contributed by atoms with Crippen LogP contribution in [0.3, 0.4) is 0 Å². The number of anilines is 1. The number of aliphatic hydroxyl groups is 1. The van der Waals surface area contributed by atoms with Crippen LogP contribution in [0.1, 0.15) is 32.8 Å². The lowest BCUT2D eigenvalue weighted by Crippen LogP contribution is -2.63. The van der Waals surface area contributed by atoms with Crippen molar-refractivity contribution < 1.29 is 33.6 Å². The molecule has 1 aromatic rings. The van der Waals surface area contributed by atoms with E-state index in [1.807, 2.05) is 39.0 Å². The lowest BCUT2D eigenvalue weighted by Gasteiger charge is -2.42. The molecule has 3 aliphatic heterocycles. The van der Waals surface area contributed by atoms with Gasteiger partial charge in [-0.25, -0.2) is 4.79 Å². The molecule has 0 spiro atoms. The van der Waals surface area contributed by atoms with E-state index in [0.29, 0.717) is 22.9 Å². The number of amides is 2. The van der Waals surface area contributed by atoms with E-state index in [1.54, 1.807) is 25.3 Å². The molecule has 2 fully saturated rings. The number of carbonyl (C=O) groups is 2. The number of fused-ring (bicyclic) bond motifs is 5. The highest BCUT2D eigenvalue weighted by Crippen LogP contribution is 2.46. The molecule has 0 aromatic heterocycles. The lowest BCUT2D eigenvalue weighted by atomic mass is 9.85. The van der Waals surface area contributed by atoms with Crippen molar-refractivity contribution in [2.45, 2.75) is 63.3 Å². The Morgan fingerprint density at radius 1 is 1.26 bits per heavy atom. The maximum Gasteiger partial charge on any atom is 0.409 e. The summed E-state index contributed by atoms with van der Waals surface area (Å²) in [6.45, 7) is 5.72. The van der Waals surface area contributed by atoms with Crippen molar-refractivity contribution in [3.63, 3.8) is 0 Å². The van der Waals surface area contributed by atoms with Gasteiger partial charge < -0.3 is 29.0 Å². The minimum Gasteiger partial charge on any atom is -0.495 e. The summed E-state index contributed by atoms with van der Waals surface area (Å²) >= 11 is 6.58. The summed E-state index contributed by atoms with van der Waals surface area (Å²) in [6, 6.07) is 3.70. The molecule has 6 atom stereocenters. The number of methoxy groups -OCH3 is 2. The predicted octanol–water partition coefficient (Wildman–Crippen LogP) is 3.92. The smallest absolute Gasteiger partial charge is 0.409 e. The summed E-state index contributed by atoms with van der Waals surface area (Å²) in [6.07, 6.45) is 6.68. The summed E-state index contributed by atoms with van der Waals surface area (Å²) in [5.41, 5.74) is 0.00882. The van der Waals surface area contributed by atoms with Gasteiger partial charge >= 0.3 is 6.09 Å². The molecule has 4 bridgehead atoms. The first-order valence-electron chi connectivity index (χ1n) is 12.5. The zero-order valence-electron chi connectivity index (χ0n) is 22.5. The number of halogens is 1. The maximum atomic E-state index is 13.1. The molecule has 0 radical (unpaired) electrons. The Balaban J connectivity index is 1.75. The van der Waals surface area contributed by atoms with Gasteiger partial charge in [0.15, 0.2) is 5.72 Å². The van der Waals surface area contributed by atoms with E-state index in [0.717, 1.165) is 11.1 Å². The number of rotatable bonds is 2. The third kappa shape index (κ3) is 5.61. The van der Waals surface area contributed by atoms with Crippen molar-refractivity contribution in [1.82, 2.24) is 5.32 Å². The van der Waals surface area contributed by atoms with Gasteiger partial charge in [-0.2, -0.15) is 0 Å². The zero-order valence-corrected chi connectivity index (χ0v) is 23.2. The van der Waals surface area contributed by atoms with Gasteiger partial charge in [0.25, 0.3) is 5.91 Å². The molecule has 38 heavy (non-hydrogen) atoms. The van der Waals surface area contributed by atoms with Crippen LogP contribution in [-0.4, -0.2) is 68.0 Å². The van der Waals surface area contributed by atoms with Crippen LogP contribution < -0.4 is 15.0 Å². The molecule has 3 heterocycles. The first-order chi connectivity index (χ1) is 17.9. The Bertz CT molecular complexity index is 1200. The standard InChI is InChI=1S/C28H35ClN2O7/c1-16-8-7-9-22(36-6)28(34)15-21(37-26(33)30-28)17(2)25-27(3,38-25)11-10-23(32)31(4)19-13-18(12-16)14-20(35-5)24(19)29/h7-11,13-14,17,21-22,25,34H,12,15H2,1-6H3,(H,30,33)/b9-7+,11-10+,16-8+. The average molecular weight is 547 g/mol. The van der Waals surface area contributed by atoms with Crippen LogP contribution in [-0.2, 0) is 25.4 Å². The Labute approximate surface area is 228 Å². The van der Waals surface area contributed by atoms with E-state index < -0.39 is 29.6 Å². The van der Waals surface area contributed by atoms with Crippen LogP contribution in [0.15, 0.2) is 48.1 Å². The van der Waals surface area contributed by atoms with Crippen LogP contribution >= 0.6 is 11.6 Å². The van der Waals surface area contributed by atoms with Crippen LogP contribution in [0.25, 0.3) is 0 Å². The SMILES string of the molecule is COc1cc2cc(c1Cl)N(C)C(=O)/C=C/C1(C)OC1C(C)C1CC(O)(NC(=O)O1)C(OC)/C=C/C=C(\C)C2. The lowest BCUT2D eigenvalue weighted by molar-refractivity contribution is -0.142. The minimum atomic E-state index is -1.68. The van der Waals surface area contributed by atoms with E-state index in [1.165, 1.54) is 25.2 Å². The van der Waals surface area contributed by atoms with Crippen molar-refractivity contribution in [1.29, 1.82) is 0 Å². The second-order valence-corrected chi connectivity index (χ2v) is 10.7. The van der Waals surface area contributed by atoms with Gasteiger partial charge in [-0.3, -0.25) is 10.1 Å². The number of carbonyl (C=O) groups excluding carboxylic acids is 2. The zero-order chi connectivity index (χ0) is 27.8. The highest BCUT2D eigenvalue weighted by Gasteiger charge is 2.58. The van der Waals surface area contributed by atoms with Gasteiger partial charge in [-0.05, 0) is 44.0 Å². The molecular weight excluding hydrogens is 512 g/mol. The van der Waals surface area contributed by atoms with Crippen molar-refractivity contribution in [2.24, 2.45) is 5.92 Å². The molecule has 1 aromatic carbocycles. The van der Waals surface area contributed by atoms with Crippen LogP contribution in [0, 0.1) is 5.92 Å². The van der Waals surface area contributed by atoms with Gasteiger partial charge in [0, 0.05) is 32.6 Å². The summed E-state index contributed by atoms with van der Waals surface area (Å²) in [4.78, 5) is 27.0. The summed E-state index contributed by atoms with van der Waals surface area (Å²) < 4.78 is 22.5. The van der Waals surface area contributed by atoms with E-state index in [9.17, 15) is 14.7 Å². The Kier molecular flexibility index (Phi) is 7.95. The molecule has 2 amide bonds. The number of ether oxygens (including phenoxy) is 4. The van der Waals surface area contributed by atoms with Gasteiger partial charge in [-0.15, -0.1) is 0 Å². The number of hydrogen-bond acceptors (Lipinski definition) is 7. The summed E-state index contributed by atoms with van der Waals surface area (Å²) in [5, 5.41) is 14.3. The van der Waals surface area contributed by atoms with E-state index >= 15 is 0 Å². The number of nitrogens with zero attached hydrogens (tertiary/aromatic N) is 1. The fourth-order valence-corrected chi connectivity index (χ4v) is 5.47. The molecule has 2 N–H and O–H groups in total. The van der Waals surface area contributed by atoms with Crippen molar-refractivity contribution >= 4 is 29.3 Å². The Hall–Kier alpha value is -2.85. The molecule has 4 rings (SSSR count). The second-order valence-electron chi connectivity index (χ2n) is 10.4. The fourth-order valence-electron chi connectivity index (χ4n) is 5.16. The van der Waals surface area contributed by atoms with Crippen LogP contribution in [0.5, 0.6) is 5.75 Å². The molecule has 6 unspecified atom stereocenters. The number of benzene rings is 1. The van der Waals surface area contributed by atoms with E-state index in [4.69, 9.17) is 30.5 Å². The number of likely N-dealkylation sites (N-methyl/N-ethyl adjacent to an activating group) is 1. The normalized spacial score (nSPS) is 36.7. The molecule has 2 saturated heterocycles.